The number of hydrogen-bond donors (Lipinski definition) is 0. The molecule has 2 heterocycles. The Labute approximate surface area is 122 Å². The monoisotopic (exact) mass is 277 g/mol. The minimum atomic E-state index is -0.421. The molecule has 2 saturated heterocycles. The van der Waals surface area contributed by atoms with Gasteiger partial charge in [-0.15, -0.1) is 0 Å². The predicted octanol–water partition coefficient (Wildman–Crippen LogP) is 2.26. The van der Waals surface area contributed by atoms with E-state index in [0.29, 0.717) is 6.42 Å². The summed E-state index contributed by atoms with van der Waals surface area (Å²) in [6.07, 6.45) is 6.49. The number of nitriles is 1. The quantitative estimate of drug-likeness (QED) is 0.774. The minimum absolute atomic E-state index is 0.0639. The maximum atomic E-state index is 12.3. The molecular formula is C16H27N3O. The average molecular weight is 277 g/mol. The Kier molecular flexibility index (Phi) is 5.85. The summed E-state index contributed by atoms with van der Waals surface area (Å²) < 4.78 is 0. The van der Waals surface area contributed by atoms with Gasteiger partial charge < -0.3 is 9.80 Å². The second-order valence-corrected chi connectivity index (χ2v) is 6.25. The molecule has 0 N–H and O–H groups in total. The Morgan fingerprint density at radius 1 is 1.25 bits per heavy atom. The molecule has 0 bridgehead atoms. The average Bonchev–Trinajstić information content (AvgIpc) is 2.98. The van der Waals surface area contributed by atoms with Crippen LogP contribution in [0.1, 0.15) is 45.4 Å². The van der Waals surface area contributed by atoms with Crippen LogP contribution in [0.3, 0.4) is 0 Å². The zero-order valence-electron chi connectivity index (χ0n) is 12.7. The molecule has 112 valence electrons. The molecule has 4 heteroatoms. The number of piperidine rings is 1. The lowest BCUT2D eigenvalue weighted by molar-refractivity contribution is -0.135. The fourth-order valence-electron chi connectivity index (χ4n) is 3.42. The summed E-state index contributed by atoms with van der Waals surface area (Å²) in [6.45, 7) is 7.44. The van der Waals surface area contributed by atoms with Crippen LogP contribution in [-0.2, 0) is 4.79 Å². The molecule has 1 unspecified atom stereocenters. The Morgan fingerprint density at radius 2 is 1.90 bits per heavy atom. The number of nitrogens with zero attached hydrogens (tertiary/aromatic N) is 3. The first-order valence-corrected chi connectivity index (χ1v) is 8.15. The van der Waals surface area contributed by atoms with Crippen LogP contribution in [0.2, 0.25) is 0 Å². The highest BCUT2D eigenvalue weighted by Gasteiger charge is 2.28. The normalized spacial score (nSPS) is 22.7. The van der Waals surface area contributed by atoms with Gasteiger partial charge in [0.05, 0.1) is 6.07 Å². The molecular weight excluding hydrogens is 250 g/mol. The summed E-state index contributed by atoms with van der Waals surface area (Å²) in [5.41, 5.74) is 0. The SMILES string of the molecule is CCCC(C#N)C(=O)N1CCC(CN2CCCC2)CC1. The molecule has 1 amide bonds. The first kappa shape index (κ1) is 15.3. The van der Waals surface area contributed by atoms with Gasteiger partial charge in [-0.3, -0.25) is 4.79 Å². The van der Waals surface area contributed by atoms with Crippen LogP contribution in [-0.4, -0.2) is 48.4 Å². The number of carbonyl (C=O) groups excluding carboxylic acids is 1. The minimum Gasteiger partial charge on any atom is -0.342 e. The van der Waals surface area contributed by atoms with Crippen LogP contribution in [0.15, 0.2) is 0 Å². The molecule has 0 spiro atoms. The van der Waals surface area contributed by atoms with Gasteiger partial charge in [-0.2, -0.15) is 5.26 Å². The van der Waals surface area contributed by atoms with Crippen LogP contribution in [0.4, 0.5) is 0 Å². The van der Waals surface area contributed by atoms with E-state index >= 15 is 0 Å². The number of amides is 1. The molecule has 0 aromatic carbocycles. The van der Waals surface area contributed by atoms with E-state index in [1.165, 1.54) is 32.5 Å². The van der Waals surface area contributed by atoms with Crippen LogP contribution in [0.5, 0.6) is 0 Å². The summed E-state index contributed by atoms with van der Waals surface area (Å²) in [4.78, 5) is 16.8. The van der Waals surface area contributed by atoms with Crippen molar-refractivity contribution in [2.45, 2.75) is 45.4 Å². The van der Waals surface area contributed by atoms with E-state index < -0.39 is 5.92 Å². The maximum absolute atomic E-state index is 12.3. The van der Waals surface area contributed by atoms with Crippen LogP contribution < -0.4 is 0 Å². The van der Waals surface area contributed by atoms with Gasteiger partial charge >= 0.3 is 0 Å². The lowest BCUT2D eigenvalue weighted by Crippen LogP contribution is -2.43. The first-order chi connectivity index (χ1) is 9.74. The molecule has 20 heavy (non-hydrogen) atoms. The van der Waals surface area contributed by atoms with Crippen molar-refractivity contribution in [3.8, 4) is 6.07 Å². The third-order valence-corrected chi connectivity index (χ3v) is 4.67. The number of hydrogen-bond acceptors (Lipinski definition) is 3. The van der Waals surface area contributed by atoms with E-state index in [2.05, 4.69) is 11.0 Å². The van der Waals surface area contributed by atoms with Crippen LogP contribution in [0.25, 0.3) is 0 Å². The zero-order valence-corrected chi connectivity index (χ0v) is 12.7. The lowest BCUT2D eigenvalue weighted by Gasteiger charge is -2.34. The molecule has 0 aliphatic carbocycles. The van der Waals surface area contributed by atoms with Crippen molar-refractivity contribution in [3.05, 3.63) is 0 Å². The number of carbonyl (C=O) groups is 1. The fraction of sp³-hybridized carbons (Fsp3) is 0.875. The molecule has 2 aliphatic rings. The van der Waals surface area contributed by atoms with Gasteiger partial charge in [-0.05, 0) is 51.1 Å². The van der Waals surface area contributed by atoms with Crippen molar-refractivity contribution in [1.29, 1.82) is 5.26 Å². The Morgan fingerprint density at radius 3 is 2.45 bits per heavy atom. The molecule has 4 nitrogen and oxygen atoms in total. The van der Waals surface area contributed by atoms with Crippen molar-refractivity contribution in [2.24, 2.45) is 11.8 Å². The van der Waals surface area contributed by atoms with Crippen molar-refractivity contribution in [2.75, 3.05) is 32.7 Å². The topological polar surface area (TPSA) is 47.3 Å². The fourth-order valence-corrected chi connectivity index (χ4v) is 3.42. The van der Waals surface area contributed by atoms with Crippen molar-refractivity contribution in [1.82, 2.24) is 9.80 Å². The molecule has 1 atom stereocenters. The highest BCUT2D eigenvalue weighted by Crippen LogP contribution is 2.22. The van der Waals surface area contributed by atoms with E-state index in [9.17, 15) is 4.79 Å². The highest BCUT2D eigenvalue weighted by atomic mass is 16.2. The third kappa shape index (κ3) is 3.96. The van der Waals surface area contributed by atoms with E-state index in [4.69, 9.17) is 5.26 Å². The largest absolute Gasteiger partial charge is 0.342 e. The third-order valence-electron chi connectivity index (χ3n) is 4.67. The number of likely N-dealkylation sites (tertiary alicyclic amines) is 2. The zero-order chi connectivity index (χ0) is 14.4. The van der Waals surface area contributed by atoms with Gasteiger partial charge in [-0.1, -0.05) is 13.3 Å². The van der Waals surface area contributed by atoms with Gasteiger partial charge in [0.25, 0.3) is 0 Å². The van der Waals surface area contributed by atoms with Gasteiger partial charge in [0.2, 0.25) is 5.91 Å². The molecule has 0 saturated carbocycles. The Bertz CT molecular complexity index is 349. The molecule has 2 fully saturated rings. The van der Waals surface area contributed by atoms with Crippen LogP contribution >= 0.6 is 0 Å². The summed E-state index contributed by atoms with van der Waals surface area (Å²) in [5, 5.41) is 9.10. The second kappa shape index (κ2) is 7.64. The highest BCUT2D eigenvalue weighted by molar-refractivity contribution is 5.81. The summed E-state index contributed by atoms with van der Waals surface area (Å²) in [6, 6.07) is 2.17. The molecule has 2 aliphatic heterocycles. The van der Waals surface area contributed by atoms with Gasteiger partial charge in [0.1, 0.15) is 5.92 Å². The van der Waals surface area contributed by atoms with Gasteiger partial charge in [0.15, 0.2) is 0 Å². The second-order valence-electron chi connectivity index (χ2n) is 6.25. The van der Waals surface area contributed by atoms with Crippen molar-refractivity contribution in [3.63, 3.8) is 0 Å². The Balaban J connectivity index is 1.75. The lowest BCUT2D eigenvalue weighted by atomic mass is 9.94. The van der Waals surface area contributed by atoms with Gasteiger partial charge in [-0.25, -0.2) is 0 Å². The van der Waals surface area contributed by atoms with Crippen LogP contribution in [0, 0.1) is 23.2 Å². The first-order valence-electron chi connectivity index (χ1n) is 8.15. The molecule has 2 rings (SSSR count). The smallest absolute Gasteiger partial charge is 0.239 e. The number of rotatable bonds is 5. The molecule has 0 radical (unpaired) electrons. The maximum Gasteiger partial charge on any atom is 0.239 e. The molecule has 0 aromatic heterocycles. The van der Waals surface area contributed by atoms with E-state index in [0.717, 1.165) is 38.3 Å². The summed E-state index contributed by atoms with van der Waals surface area (Å²) in [7, 11) is 0. The predicted molar refractivity (Wildman–Crippen MR) is 79.0 cm³/mol. The van der Waals surface area contributed by atoms with Gasteiger partial charge in [0, 0.05) is 19.6 Å². The molecule has 0 aromatic rings. The standard InChI is InChI=1S/C16H27N3O/c1-2-5-15(12-17)16(20)19-10-6-14(7-11-19)13-18-8-3-4-9-18/h14-15H,2-11,13H2,1H3. The summed E-state index contributed by atoms with van der Waals surface area (Å²) >= 11 is 0. The van der Waals surface area contributed by atoms with E-state index in [1.54, 1.807) is 0 Å². The Hall–Kier alpha value is -1.08. The summed E-state index contributed by atoms with van der Waals surface area (Å²) in [5.74, 6) is 0.382. The van der Waals surface area contributed by atoms with Crippen molar-refractivity contribution >= 4 is 5.91 Å². The van der Waals surface area contributed by atoms with E-state index in [1.807, 2.05) is 11.8 Å². The van der Waals surface area contributed by atoms with Crippen molar-refractivity contribution < 1.29 is 4.79 Å². The van der Waals surface area contributed by atoms with E-state index in [-0.39, 0.29) is 5.91 Å².